The molecule has 0 atom stereocenters. The molecule has 1 fully saturated rings. The van der Waals surface area contributed by atoms with Crippen LogP contribution >= 0.6 is 23.6 Å². The van der Waals surface area contributed by atoms with Crippen LogP contribution in [0.5, 0.6) is 5.75 Å². The minimum atomic E-state index is -0.0187. The van der Waals surface area contributed by atoms with Gasteiger partial charge in [-0.2, -0.15) is 0 Å². The van der Waals surface area contributed by atoms with Crippen molar-refractivity contribution in [3.63, 3.8) is 0 Å². The molecule has 3 rings (SSSR count). The summed E-state index contributed by atoms with van der Waals surface area (Å²) in [6, 6.07) is 12.1. The van der Waals surface area contributed by atoms with E-state index >= 15 is 0 Å². The van der Waals surface area contributed by atoms with Crippen LogP contribution in [0.4, 0.5) is 5.69 Å². The molecule has 0 aliphatic heterocycles. The van der Waals surface area contributed by atoms with Crippen LogP contribution in [-0.2, 0) is 5.54 Å². The molecule has 1 aliphatic rings. The summed E-state index contributed by atoms with van der Waals surface area (Å²) < 4.78 is 5.57. The zero-order chi connectivity index (χ0) is 16.8. The first-order valence-corrected chi connectivity index (χ1v) is 9.47. The molecule has 0 amide bonds. The summed E-state index contributed by atoms with van der Waals surface area (Å²) in [5.41, 5.74) is 0.906. The van der Waals surface area contributed by atoms with Crippen LogP contribution in [0.1, 0.15) is 30.6 Å². The van der Waals surface area contributed by atoms with Gasteiger partial charge in [0.25, 0.3) is 0 Å². The van der Waals surface area contributed by atoms with Crippen molar-refractivity contribution >= 4 is 34.4 Å². The number of thiocarbonyl (C=S) groups is 1. The van der Waals surface area contributed by atoms with Gasteiger partial charge in [0, 0.05) is 16.6 Å². The fraction of sp³-hybridized carbons (Fsp3) is 0.316. The summed E-state index contributed by atoms with van der Waals surface area (Å²) >= 11 is 7.37. The Hall–Kier alpha value is -1.85. The van der Waals surface area contributed by atoms with Gasteiger partial charge < -0.3 is 15.4 Å². The molecule has 1 aliphatic carbocycles. The van der Waals surface area contributed by atoms with Crippen molar-refractivity contribution in [1.82, 2.24) is 5.32 Å². The maximum Gasteiger partial charge on any atom is 0.171 e. The molecular formula is C19H22N2OS2. The van der Waals surface area contributed by atoms with E-state index in [0.29, 0.717) is 11.7 Å². The van der Waals surface area contributed by atoms with Crippen molar-refractivity contribution in [3.05, 3.63) is 59.3 Å². The molecule has 0 bridgehead atoms. The second-order valence-electron chi connectivity index (χ2n) is 5.97. The van der Waals surface area contributed by atoms with Crippen LogP contribution < -0.4 is 15.4 Å². The largest absolute Gasteiger partial charge is 0.489 e. The van der Waals surface area contributed by atoms with Gasteiger partial charge in [-0.3, -0.25) is 0 Å². The first-order valence-electron chi connectivity index (χ1n) is 8.19. The lowest BCUT2D eigenvalue weighted by Gasteiger charge is -2.31. The van der Waals surface area contributed by atoms with Crippen molar-refractivity contribution < 1.29 is 4.74 Å². The Morgan fingerprint density at radius 3 is 2.83 bits per heavy atom. The van der Waals surface area contributed by atoms with Gasteiger partial charge in [0.2, 0.25) is 0 Å². The molecule has 0 spiro atoms. The molecule has 3 nitrogen and oxygen atoms in total. The lowest BCUT2D eigenvalue weighted by molar-refractivity contribution is 0.363. The van der Waals surface area contributed by atoms with Crippen LogP contribution in [0.15, 0.2) is 54.4 Å². The molecule has 0 radical (unpaired) electrons. The number of anilines is 1. The smallest absolute Gasteiger partial charge is 0.171 e. The van der Waals surface area contributed by atoms with Crippen LogP contribution in [0.2, 0.25) is 0 Å². The molecule has 126 valence electrons. The standard InChI is InChI=1S/C19H22N2OS2/c1-2-12-22-16-8-5-7-15(14-16)20-18(23)21-19(10-3-4-11-19)17-9-6-13-24-17/h2,5-9,13-14H,1,3-4,10-12H2,(H2,20,21,23). The fourth-order valence-corrected chi connectivity index (χ4v) is 4.42. The second-order valence-corrected chi connectivity index (χ2v) is 7.33. The van der Waals surface area contributed by atoms with Gasteiger partial charge in [-0.15, -0.1) is 11.3 Å². The number of ether oxygens (including phenoxy) is 1. The summed E-state index contributed by atoms with van der Waals surface area (Å²) in [6.07, 6.45) is 6.45. The highest BCUT2D eigenvalue weighted by Crippen LogP contribution is 2.40. The minimum absolute atomic E-state index is 0.0187. The summed E-state index contributed by atoms with van der Waals surface area (Å²) in [4.78, 5) is 1.37. The van der Waals surface area contributed by atoms with Gasteiger partial charge in [-0.25, -0.2) is 0 Å². The third-order valence-electron chi connectivity index (χ3n) is 4.26. The van der Waals surface area contributed by atoms with E-state index in [2.05, 4.69) is 34.7 Å². The molecule has 2 aromatic rings. The molecule has 2 N–H and O–H groups in total. The third-order valence-corrected chi connectivity index (χ3v) is 5.54. The highest BCUT2D eigenvalue weighted by Gasteiger charge is 2.37. The van der Waals surface area contributed by atoms with Crippen LogP contribution in [0, 0.1) is 0 Å². The summed E-state index contributed by atoms with van der Waals surface area (Å²) in [6.45, 7) is 4.16. The Balaban J connectivity index is 1.67. The topological polar surface area (TPSA) is 33.3 Å². The molecular weight excluding hydrogens is 336 g/mol. The molecule has 1 heterocycles. The molecule has 1 aromatic heterocycles. The quantitative estimate of drug-likeness (QED) is 0.558. The Morgan fingerprint density at radius 1 is 1.29 bits per heavy atom. The zero-order valence-corrected chi connectivity index (χ0v) is 15.2. The highest BCUT2D eigenvalue weighted by atomic mass is 32.1. The van der Waals surface area contributed by atoms with Crippen LogP contribution in [0.25, 0.3) is 0 Å². The van der Waals surface area contributed by atoms with Gasteiger partial charge in [-0.05, 0) is 48.6 Å². The van der Waals surface area contributed by atoms with Crippen molar-refractivity contribution in [2.24, 2.45) is 0 Å². The SMILES string of the molecule is C=CCOc1cccc(NC(=S)NC2(c3cccs3)CCCC2)c1. The maximum atomic E-state index is 5.57. The number of nitrogens with one attached hydrogen (secondary N) is 2. The third kappa shape index (κ3) is 3.97. The number of hydrogen-bond acceptors (Lipinski definition) is 3. The second kappa shape index (κ2) is 7.81. The zero-order valence-electron chi connectivity index (χ0n) is 13.6. The van der Waals surface area contributed by atoms with Crippen LogP contribution in [-0.4, -0.2) is 11.7 Å². The van der Waals surface area contributed by atoms with E-state index in [4.69, 9.17) is 17.0 Å². The van der Waals surface area contributed by atoms with Gasteiger partial charge in [0.1, 0.15) is 12.4 Å². The van der Waals surface area contributed by atoms with E-state index in [9.17, 15) is 0 Å². The molecule has 0 saturated heterocycles. The average Bonchev–Trinajstić information content (AvgIpc) is 3.25. The van der Waals surface area contributed by atoms with E-state index in [0.717, 1.165) is 24.3 Å². The Bertz CT molecular complexity index is 691. The van der Waals surface area contributed by atoms with Gasteiger partial charge >= 0.3 is 0 Å². The minimum Gasteiger partial charge on any atom is -0.489 e. The van der Waals surface area contributed by atoms with Crippen molar-refractivity contribution in [2.45, 2.75) is 31.2 Å². The molecule has 5 heteroatoms. The number of rotatable bonds is 6. The van der Waals surface area contributed by atoms with Crippen LogP contribution in [0.3, 0.4) is 0 Å². The highest BCUT2D eigenvalue weighted by molar-refractivity contribution is 7.80. The van der Waals surface area contributed by atoms with E-state index in [1.54, 1.807) is 17.4 Å². The van der Waals surface area contributed by atoms with E-state index in [-0.39, 0.29) is 5.54 Å². The van der Waals surface area contributed by atoms with E-state index in [1.165, 1.54) is 17.7 Å². The number of thiophene rings is 1. The predicted molar refractivity (Wildman–Crippen MR) is 106 cm³/mol. The fourth-order valence-electron chi connectivity index (χ4n) is 3.16. The first-order chi connectivity index (χ1) is 11.7. The summed E-state index contributed by atoms with van der Waals surface area (Å²) in [5, 5.41) is 9.66. The van der Waals surface area contributed by atoms with Crippen molar-refractivity contribution in [1.29, 1.82) is 0 Å². The van der Waals surface area contributed by atoms with Crippen molar-refractivity contribution in [3.8, 4) is 5.75 Å². The maximum absolute atomic E-state index is 5.57. The Kier molecular flexibility index (Phi) is 5.53. The normalized spacial score (nSPS) is 15.7. The predicted octanol–water partition coefficient (Wildman–Crippen LogP) is 5.07. The Labute approximate surface area is 152 Å². The van der Waals surface area contributed by atoms with Gasteiger partial charge in [-0.1, -0.05) is 37.6 Å². The average molecular weight is 359 g/mol. The summed E-state index contributed by atoms with van der Waals surface area (Å²) in [5.74, 6) is 0.802. The lowest BCUT2D eigenvalue weighted by Crippen LogP contribution is -2.45. The number of hydrogen-bond donors (Lipinski definition) is 2. The number of benzene rings is 1. The molecule has 1 saturated carbocycles. The van der Waals surface area contributed by atoms with Gasteiger partial charge in [0.05, 0.1) is 5.54 Å². The monoisotopic (exact) mass is 358 g/mol. The summed E-state index contributed by atoms with van der Waals surface area (Å²) in [7, 11) is 0. The lowest BCUT2D eigenvalue weighted by atomic mass is 9.96. The van der Waals surface area contributed by atoms with E-state index < -0.39 is 0 Å². The first kappa shape index (κ1) is 17.0. The van der Waals surface area contributed by atoms with Gasteiger partial charge in [0.15, 0.2) is 5.11 Å². The Morgan fingerprint density at radius 2 is 2.12 bits per heavy atom. The van der Waals surface area contributed by atoms with Crippen molar-refractivity contribution in [2.75, 3.05) is 11.9 Å². The molecule has 24 heavy (non-hydrogen) atoms. The molecule has 0 unspecified atom stereocenters. The van der Waals surface area contributed by atoms with E-state index in [1.807, 2.05) is 24.3 Å². The molecule has 1 aromatic carbocycles.